The van der Waals surface area contributed by atoms with E-state index < -0.39 is 33.0 Å². The normalized spacial score (nSPS) is 19.0. The predicted molar refractivity (Wildman–Crippen MR) is 125 cm³/mol. The summed E-state index contributed by atoms with van der Waals surface area (Å²) in [7, 11) is -0.0677. The summed E-state index contributed by atoms with van der Waals surface area (Å²) in [6.45, 7) is -5.37. The molecule has 9 heteroatoms. The number of unbranched alkanes of at least 4 members (excludes halogenated alkanes) is 11. The van der Waals surface area contributed by atoms with E-state index in [0.717, 1.165) is 19.3 Å². The van der Waals surface area contributed by atoms with Gasteiger partial charge in [0.05, 0.1) is 34.6 Å². The maximum absolute atomic E-state index is 12.1. The second kappa shape index (κ2) is 18.9. The Bertz CT molecular complexity index is 705. The van der Waals surface area contributed by atoms with Crippen LogP contribution in [0.2, 0.25) is 0 Å². The maximum Gasteiger partial charge on any atom is 0.305 e. The summed E-state index contributed by atoms with van der Waals surface area (Å²) in [5.74, 6) is -1.08. The van der Waals surface area contributed by atoms with E-state index in [-0.39, 0.29) is 19.6 Å². The van der Waals surface area contributed by atoms with Crippen LogP contribution in [0.3, 0.4) is 0 Å². The van der Waals surface area contributed by atoms with Gasteiger partial charge in [0.2, 0.25) is 0 Å². The minimum atomic E-state index is -5.37. The van der Waals surface area contributed by atoms with E-state index >= 15 is 0 Å². The van der Waals surface area contributed by atoms with Gasteiger partial charge >= 0.3 is 5.97 Å². The van der Waals surface area contributed by atoms with Crippen molar-refractivity contribution >= 4 is 13.8 Å². The molecule has 0 heterocycles. The first-order chi connectivity index (χ1) is 16.9. The molecule has 0 aliphatic carbocycles. The van der Waals surface area contributed by atoms with Crippen molar-refractivity contribution < 1.29 is 44.5 Å². The van der Waals surface area contributed by atoms with Crippen LogP contribution < -0.4 is 4.89 Å². The summed E-state index contributed by atoms with van der Waals surface area (Å²) in [6.07, 6.45) is 8.85. The third kappa shape index (κ3) is 22.7. The fraction of sp³-hybridized carbons (Fsp3) is 0.957. The molecule has 8 nitrogen and oxygen atoms in total. The molecule has 0 rings (SSSR count). The summed E-state index contributed by atoms with van der Waals surface area (Å²) in [4.78, 5) is 24.1. The van der Waals surface area contributed by atoms with Gasteiger partial charge in [0, 0.05) is 6.42 Å². The number of likely N-dealkylation sites (N-methyl/N-ethyl adjacent to an activating group) is 1. The molecule has 0 saturated carbocycles. The lowest BCUT2D eigenvalue weighted by Gasteiger charge is -2.27. The Balaban J connectivity index is 4.47. The number of nitrogens with zero attached hydrogens (tertiary/aromatic N) is 1. The highest BCUT2D eigenvalue weighted by atomic mass is 31.2. The first-order valence-corrected chi connectivity index (χ1v) is 13.2. The van der Waals surface area contributed by atoms with Crippen LogP contribution in [0.1, 0.15) is 97.2 Å². The number of carbonyl (C=O) groups excluding carboxylic acids is 1. The second-order valence-electron chi connectivity index (χ2n) is 9.05. The number of rotatable bonds is 22. The Morgan fingerprint density at radius 1 is 0.969 bits per heavy atom. The molecule has 1 unspecified atom stereocenters. The molecule has 0 aromatic heterocycles. The van der Waals surface area contributed by atoms with Gasteiger partial charge < -0.3 is 28.3 Å². The highest BCUT2D eigenvalue weighted by molar-refractivity contribution is 7.45. The molecule has 0 bridgehead atoms. The predicted octanol–water partition coefficient (Wildman–Crippen LogP) is 4.19. The first-order valence-electron chi connectivity index (χ1n) is 14.3. The summed E-state index contributed by atoms with van der Waals surface area (Å²) < 4.78 is 64.1. The van der Waals surface area contributed by atoms with E-state index in [4.69, 9.17) is 6.85 Å². The Labute approximate surface area is 202 Å². The molecule has 0 aliphatic heterocycles. The van der Waals surface area contributed by atoms with E-state index in [2.05, 4.69) is 20.7 Å². The van der Waals surface area contributed by atoms with Gasteiger partial charge in [-0.2, -0.15) is 0 Å². The molecule has 0 aromatic carbocycles. The molecule has 0 saturated heterocycles. The quantitative estimate of drug-likeness (QED) is 0.106. The summed E-state index contributed by atoms with van der Waals surface area (Å²) >= 11 is 0. The van der Waals surface area contributed by atoms with Crippen LogP contribution in [-0.4, -0.2) is 69.1 Å². The summed E-state index contributed by atoms with van der Waals surface area (Å²) in [6, 6.07) is 0. The average Bonchev–Trinajstić information content (AvgIpc) is 2.72. The Morgan fingerprint density at radius 3 is 1.97 bits per heavy atom. The molecular formula is C23H48NO7P. The van der Waals surface area contributed by atoms with E-state index in [1.54, 1.807) is 21.1 Å². The Kier molecular flexibility index (Phi) is 13.7. The minimum Gasteiger partial charge on any atom is -0.756 e. The molecular weight excluding hydrogens is 433 g/mol. The van der Waals surface area contributed by atoms with Crippen molar-refractivity contribution in [3.8, 4) is 0 Å². The molecule has 192 valence electrons. The van der Waals surface area contributed by atoms with Crippen LogP contribution in [0.4, 0.5) is 0 Å². The third-order valence-electron chi connectivity index (χ3n) is 4.76. The van der Waals surface area contributed by atoms with Gasteiger partial charge in [-0.25, -0.2) is 0 Å². The van der Waals surface area contributed by atoms with Gasteiger partial charge in [0.15, 0.2) is 0 Å². The zero-order chi connectivity index (χ0) is 28.8. The zero-order valence-corrected chi connectivity index (χ0v) is 21.3. The third-order valence-corrected chi connectivity index (χ3v) is 5.58. The smallest absolute Gasteiger partial charge is 0.305 e. The molecule has 0 aromatic rings. The SMILES string of the molecule is [2H]C([2H])(OC(=O)CCCCCCCCCCCCCC)[C@@]([2H])(O)C([2H])([2H])OP(=O)([O-])OCC[N+](C)(C)C. The van der Waals surface area contributed by atoms with Crippen LogP contribution in [0, 0.1) is 0 Å². The molecule has 0 amide bonds. The maximum atomic E-state index is 12.1. The lowest BCUT2D eigenvalue weighted by Crippen LogP contribution is -2.37. The molecule has 0 radical (unpaired) electrons. The fourth-order valence-electron chi connectivity index (χ4n) is 2.84. The van der Waals surface area contributed by atoms with E-state index in [9.17, 15) is 19.4 Å². The number of hydrogen-bond donors (Lipinski definition) is 1. The molecule has 32 heavy (non-hydrogen) atoms. The van der Waals surface area contributed by atoms with Crippen molar-refractivity contribution in [2.24, 2.45) is 0 Å². The highest BCUT2D eigenvalue weighted by Crippen LogP contribution is 2.38. The first kappa shape index (κ1) is 23.3. The number of carbonyl (C=O) groups is 1. The molecule has 1 N–H and O–H groups in total. The van der Waals surface area contributed by atoms with Gasteiger partial charge in [-0.3, -0.25) is 9.36 Å². The van der Waals surface area contributed by atoms with Crippen molar-refractivity contribution in [2.45, 2.75) is 96.5 Å². The topological polar surface area (TPSA) is 105 Å². The lowest BCUT2D eigenvalue weighted by molar-refractivity contribution is -0.870. The Hall–Kier alpha value is -0.500. The second-order valence-corrected chi connectivity index (χ2v) is 10.4. The van der Waals surface area contributed by atoms with Gasteiger partial charge in [-0.1, -0.05) is 77.6 Å². The van der Waals surface area contributed by atoms with Gasteiger partial charge in [0.25, 0.3) is 7.82 Å². The van der Waals surface area contributed by atoms with Crippen molar-refractivity contribution in [1.29, 1.82) is 0 Å². The van der Waals surface area contributed by atoms with Crippen LogP contribution in [0.15, 0.2) is 0 Å². The minimum absolute atomic E-state index is 0.189. The number of aliphatic hydroxyl groups is 1. The average molecular weight is 487 g/mol. The molecule has 2 atom stereocenters. The molecule has 0 fully saturated rings. The monoisotopic (exact) mass is 486 g/mol. The van der Waals surface area contributed by atoms with Crippen LogP contribution in [0.5, 0.6) is 0 Å². The molecule has 0 aliphatic rings. The van der Waals surface area contributed by atoms with E-state index in [1.807, 2.05) is 0 Å². The Morgan fingerprint density at radius 2 is 1.47 bits per heavy atom. The number of ether oxygens (including phenoxy) is 1. The van der Waals surface area contributed by atoms with Crippen molar-refractivity contribution in [1.82, 2.24) is 0 Å². The fourth-order valence-corrected chi connectivity index (χ4v) is 3.40. The van der Waals surface area contributed by atoms with Crippen molar-refractivity contribution in [3.05, 3.63) is 0 Å². The number of quaternary nitrogens is 1. The van der Waals surface area contributed by atoms with Gasteiger partial charge in [-0.15, -0.1) is 0 Å². The summed E-state index contributed by atoms with van der Waals surface area (Å²) in [5, 5.41) is 10.2. The lowest BCUT2D eigenvalue weighted by atomic mass is 10.0. The number of phosphoric acid groups is 1. The standard InChI is InChI=1S/C23H48NO7P/c1-5-6-7-8-9-10-11-12-13-14-15-16-17-23(26)29-20-22(25)21-31-32(27,28)30-19-18-24(2,3)4/h22,25H,5-21H2,1-4H3/t22-/m1/s1/i20D2,21D2,22D. The van der Waals surface area contributed by atoms with Crippen molar-refractivity contribution in [3.63, 3.8) is 0 Å². The van der Waals surface area contributed by atoms with Crippen molar-refractivity contribution in [2.75, 3.05) is 47.4 Å². The van der Waals surface area contributed by atoms with Gasteiger partial charge in [-0.05, 0) is 6.42 Å². The van der Waals surface area contributed by atoms with Crippen LogP contribution in [-0.2, 0) is 23.1 Å². The number of hydrogen-bond acceptors (Lipinski definition) is 7. The zero-order valence-electron chi connectivity index (χ0n) is 25.4. The van der Waals surface area contributed by atoms with Crippen LogP contribution in [0.25, 0.3) is 0 Å². The van der Waals surface area contributed by atoms with E-state index in [0.29, 0.717) is 17.3 Å². The van der Waals surface area contributed by atoms with E-state index in [1.165, 1.54) is 44.9 Å². The number of phosphoric ester groups is 1. The van der Waals surface area contributed by atoms with Crippen LogP contribution >= 0.6 is 7.82 Å². The summed E-state index contributed by atoms with van der Waals surface area (Å²) in [5.41, 5.74) is 0. The highest BCUT2D eigenvalue weighted by Gasteiger charge is 2.16. The number of esters is 1. The molecule has 0 spiro atoms. The van der Waals surface area contributed by atoms with Gasteiger partial charge in [0.1, 0.15) is 25.8 Å². The largest absolute Gasteiger partial charge is 0.756 e.